The molecular formula is C15H19F4NS. The van der Waals surface area contributed by atoms with Crippen molar-refractivity contribution in [3.8, 4) is 0 Å². The molecule has 0 heterocycles. The van der Waals surface area contributed by atoms with Gasteiger partial charge >= 0.3 is 6.18 Å². The number of hydrogen-bond donors (Lipinski definition) is 1. The summed E-state index contributed by atoms with van der Waals surface area (Å²) in [5.41, 5.74) is -0.586. The van der Waals surface area contributed by atoms with Gasteiger partial charge in [0.25, 0.3) is 0 Å². The summed E-state index contributed by atoms with van der Waals surface area (Å²) < 4.78 is 51.3. The molecule has 1 nitrogen and oxygen atoms in total. The van der Waals surface area contributed by atoms with E-state index in [0.29, 0.717) is 16.9 Å². The second kappa shape index (κ2) is 7.01. The predicted molar refractivity (Wildman–Crippen MR) is 77.8 cm³/mol. The van der Waals surface area contributed by atoms with E-state index in [9.17, 15) is 17.6 Å². The van der Waals surface area contributed by atoms with Crippen LogP contribution in [0.1, 0.15) is 36.8 Å². The van der Waals surface area contributed by atoms with E-state index in [4.69, 9.17) is 0 Å². The molecule has 6 heteroatoms. The number of hydrogen-bond acceptors (Lipinski definition) is 2. The van der Waals surface area contributed by atoms with Crippen molar-refractivity contribution in [3.63, 3.8) is 0 Å². The molecule has 118 valence electrons. The summed E-state index contributed by atoms with van der Waals surface area (Å²) in [4.78, 5) is 0. The second-order valence-corrected chi connectivity index (χ2v) is 6.47. The maximum Gasteiger partial charge on any atom is 0.416 e. The monoisotopic (exact) mass is 321 g/mol. The molecular weight excluding hydrogens is 302 g/mol. The normalized spacial score (nSPS) is 23.3. The lowest BCUT2D eigenvalue weighted by atomic mass is 9.94. The van der Waals surface area contributed by atoms with E-state index >= 15 is 0 Å². The summed E-state index contributed by atoms with van der Waals surface area (Å²) >= 11 is 1.78. The molecule has 21 heavy (non-hydrogen) atoms. The van der Waals surface area contributed by atoms with Crippen LogP contribution in [0.5, 0.6) is 0 Å². The molecule has 1 aromatic rings. The lowest BCUT2D eigenvalue weighted by Gasteiger charge is -2.31. The Morgan fingerprint density at radius 1 is 1.19 bits per heavy atom. The van der Waals surface area contributed by atoms with E-state index in [0.717, 1.165) is 25.3 Å². The zero-order valence-electron chi connectivity index (χ0n) is 11.8. The highest BCUT2D eigenvalue weighted by molar-refractivity contribution is 7.99. The molecule has 0 radical (unpaired) electrons. The molecule has 0 bridgehead atoms. The smallest absolute Gasteiger partial charge is 0.309 e. The summed E-state index contributed by atoms with van der Waals surface area (Å²) in [6, 6.07) is 3.01. The van der Waals surface area contributed by atoms with Gasteiger partial charge in [-0.3, -0.25) is 0 Å². The first-order valence-corrected chi connectivity index (χ1v) is 8.32. The SMILES string of the molecule is CSC1CCCCC1NCc1cc(F)cc(C(F)(F)F)c1. The number of thioether (sulfide) groups is 1. The van der Waals surface area contributed by atoms with Gasteiger partial charge < -0.3 is 5.32 Å². The molecule has 2 unspecified atom stereocenters. The van der Waals surface area contributed by atoms with Crippen molar-refractivity contribution < 1.29 is 17.6 Å². The molecule has 0 aromatic heterocycles. The van der Waals surface area contributed by atoms with Crippen LogP contribution in [-0.4, -0.2) is 17.5 Å². The van der Waals surface area contributed by atoms with Crippen LogP contribution in [-0.2, 0) is 12.7 Å². The summed E-state index contributed by atoms with van der Waals surface area (Å²) in [5, 5.41) is 3.77. The zero-order valence-corrected chi connectivity index (χ0v) is 12.7. The van der Waals surface area contributed by atoms with Crippen LogP contribution < -0.4 is 5.32 Å². The standard InChI is InChI=1S/C15H19F4NS/c1-21-14-5-3-2-4-13(14)20-9-10-6-11(15(17,18)19)8-12(16)7-10/h6-8,13-14,20H,2-5,9H2,1H3. The van der Waals surface area contributed by atoms with Crippen molar-refractivity contribution >= 4 is 11.8 Å². The van der Waals surface area contributed by atoms with Crippen LogP contribution in [0.2, 0.25) is 0 Å². The highest BCUT2D eigenvalue weighted by Crippen LogP contribution is 2.31. The second-order valence-electron chi connectivity index (χ2n) is 5.39. The quantitative estimate of drug-likeness (QED) is 0.813. The minimum atomic E-state index is -4.51. The van der Waals surface area contributed by atoms with E-state index in [1.807, 2.05) is 0 Å². The largest absolute Gasteiger partial charge is 0.416 e. The molecule has 0 spiro atoms. The number of rotatable bonds is 4. The number of alkyl halides is 3. The van der Waals surface area contributed by atoms with Gasteiger partial charge in [0.15, 0.2) is 0 Å². The van der Waals surface area contributed by atoms with Gasteiger partial charge in [-0.25, -0.2) is 4.39 Å². The van der Waals surface area contributed by atoms with Crippen molar-refractivity contribution in [2.24, 2.45) is 0 Å². The summed E-state index contributed by atoms with van der Waals surface area (Å²) in [6.07, 6.45) is 2.01. The molecule has 0 amide bonds. The minimum Gasteiger partial charge on any atom is -0.309 e. The molecule has 1 fully saturated rings. The predicted octanol–water partition coefficient (Wildman–Crippen LogP) is 4.61. The maximum absolute atomic E-state index is 13.3. The molecule has 2 rings (SSSR count). The van der Waals surface area contributed by atoms with Crippen molar-refractivity contribution in [1.82, 2.24) is 5.32 Å². The van der Waals surface area contributed by atoms with Crippen molar-refractivity contribution in [2.75, 3.05) is 6.26 Å². The lowest BCUT2D eigenvalue weighted by Crippen LogP contribution is -2.40. The average molecular weight is 321 g/mol. The fraction of sp³-hybridized carbons (Fsp3) is 0.600. The Bertz CT molecular complexity index is 475. The van der Waals surface area contributed by atoms with Gasteiger partial charge in [0.05, 0.1) is 5.56 Å². The van der Waals surface area contributed by atoms with Crippen molar-refractivity contribution in [1.29, 1.82) is 0 Å². The first kappa shape index (κ1) is 16.6. The molecule has 1 saturated carbocycles. The molecule has 1 aliphatic rings. The van der Waals surface area contributed by atoms with Gasteiger partial charge in [0.1, 0.15) is 5.82 Å². The Morgan fingerprint density at radius 2 is 1.90 bits per heavy atom. The third-order valence-electron chi connectivity index (χ3n) is 3.86. The van der Waals surface area contributed by atoms with Gasteiger partial charge in [-0.1, -0.05) is 12.8 Å². The van der Waals surface area contributed by atoms with Crippen LogP contribution in [0.15, 0.2) is 18.2 Å². The van der Waals surface area contributed by atoms with Gasteiger partial charge in [0.2, 0.25) is 0 Å². The molecule has 0 aliphatic heterocycles. The highest BCUT2D eigenvalue weighted by Gasteiger charge is 2.31. The summed E-state index contributed by atoms with van der Waals surface area (Å²) in [5.74, 6) is -0.841. The maximum atomic E-state index is 13.3. The van der Waals surface area contributed by atoms with Gasteiger partial charge in [-0.2, -0.15) is 24.9 Å². The van der Waals surface area contributed by atoms with E-state index in [1.165, 1.54) is 12.5 Å². The van der Waals surface area contributed by atoms with E-state index in [2.05, 4.69) is 11.6 Å². The van der Waals surface area contributed by atoms with E-state index < -0.39 is 17.6 Å². The van der Waals surface area contributed by atoms with Crippen LogP contribution in [0.25, 0.3) is 0 Å². The first-order valence-electron chi connectivity index (χ1n) is 7.03. The number of benzene rings is 1. The fourth-order valence-electron chi connectivity index (χ4n) is 2.78. The minimum absolute atomic E-state index is 0.266. The fourth-order valence-corrected chi connectivity index (χ4v) is 3.74. The molecule has 1 N–H and O–H groups in total. The Hall–Kier alpha value is -0.750. The third-order valence-corrected chi connectivity index (χ3v) is 5.03. The van der Waals surface area contributed by atoms with Crippen molar-refractivity contribution in [2.45, 2.75) is 49.7 Å². The Balaban J connectivity index is 2.04. The lowest BCUT2D eigenvalue weighted by molar-refractivity contribution is -0.137. The molecule has 1 aromatic carbocycles. The molecule has 1 aliphatic carbocycles. The van der Waals surface area contributed by atoms with Crippen LogP contribution in [0.4, 0.5) is 17.6 Å². The number of halogens is 4. The van der Waals surface area contributed by atoms with Gasteiger partial charge in [-0.15, -0.1) is 0 Å². The van der Waals surface area contributed by atoms with E-state index in [1.54, 1.807) is 11.8 Å². The number of nitrogens with one attached hydrogen (secondary N) is 1. The topological polar surface area (TPSA) is 12.0 Å². The zero-order chi connectivity index (χ0) is 15.5. The summed E-state index contributed by atoms with van der Waals surface area (Å²) in [6.45, 7) is 0.266. The Morgan fingerprint density at radius 3 is 2.57 bits per heavy atom. The Kier molecular flexibility index (Phi) is 5.54. The van der Waals surface area contributed by atoms with Crippen LogP contribution in [0, 0.1) is 5.82 Å². The average Bonchev–Trinajstić information content (AvgIpc) is 2.44. The highest BCUT2D eigenvalue weighted by atomic mass is 32.2. The molecule has 2 atom stereocenters. The first-order chi connectivity index (χ1) is 9.90. The van der Waals surface area contributed by atoms with E-state index in [-0.39, 0.29) is 12.6 Å². The van der Waals surface area contributed by atoms with Gasteiger partial charge in [-0.05, 0) is 42.9 Å². The van der Waals surface area contributed by atoms with Crippen LogP contribution in [0.3, 0.4) is 0 Å². The third kappa shape index (κ3) is 4.61. The van der Waals surface area contributed by atoms with Crippen LogP contribution >= 0.6 is 11.8 Å². The Labute approximate surface area is 126 Å². The van der Waals surface area contributed by atoms with Crippen molar-refractivity contribution in [3.05, 3.63) is 35.1 Å². The molecule has 0 saturated heterocycles. The summed E-state index contributed by atoms with van der Waals surface area (Å²) in [7, 11) is 0. The van der Waals surface area contributed by atoms with Gasteiger partial charge in [0, 0.05) is 17.8 Å².